The molecule has 1 saturated heterocycles. The minimum absolute atomic E-state index is 0.171. The number of nitrogens with zero attached hydrogens (tertiary/aromatic N) is 1. The third-order valence-corrected chi connectivity index (χ3v) is 4.88. The van der Waals surface area contributed by atoms with Crippen molar-refractivity contribution in [3.05, 3.63) is 71.8 Å². The quantitative estimate of drug-likeness (QED) is 0.924. The Bertz CT molecular complexity index is 567. The lowest BCUT2D eigenvalue weighted by Gasteiger charge is -2.44. The molecule has 0 bridgehead atoms. The van der Waals surface area contributed by atoms with Gasteiger partial charge in [0.25, 0.3) is 0 Å². The maximum absolute atomic E-state index is 6.46. The summed E-state index contributed by atoms with van der Waals surface area (Å²) in [5.74, 6) is 0.651. The van der Waals surface area contributed by atoms with Gasteiger partial charge in [0.1, 0.15) is 0 Å². The Hall–Kier alpha value is -1.64. The molecule has 2 N–H and O–H groups in total. The van der Waals surface area contributed by atoms with Gasteiger partial charge in [-0.05, 0) is 36.3 Å². The molecule has 1 aliphatic heterocycles. The predicted octanol–water partition coefficient (Wildman–Crippen LogP) is 3.99. The second-order valence-electron chi connectivity index (χ2n) is 6.45. The van der Waals surface area contributed by atoms with Crippen LogP contribution in [0.15, 0.2) is 60.7 Å². The Labute approximate surface area is 134 Å². The van der Waals surface area contributed by atoms with Gasteiger partial charge >= 0.3 is 0 Å². The van der Waals surface area contributed by atoms with Gasteiger partial charge in [0.2, 0.25) is 0 Å². The number of hydrogen-bond donors (Lipinski definition) is 1. The first-order valence-corrected chi connectivity index (χ1v) is 8.36. The number of rotatable bonds is 4. The number of piperidine rings is 1. The molecule has 0 aromatic heterocycles. The fourth-order valence-electron chi connectivity index (χ4n) is 3.67. The van der Waals surface area contributed by atoms with Gasteiger partial charge in [0.15, 0.2) is 0 Å². The number of benzene rings is 2. The lowest BCUT2D eigenvalue weighted by molar-refractivity contribution is 0.0482. The molecule has 1 aliphatic rings. The van der Waals surface area contributed by atoms with Gasteiger partial charge in [0, 0.05) is 12.6 Å². The standard InChI is InChI=1S/C20H26N2/c1-16-12-13-19(21)22(15-14-17-8-4-2-5-9-17)20(16)18-10-6-3-7-11-18/h2-11,16,19-20H,12-15,21H2,1H3. The maximum atomic E-state index is 6.46. The molecule has 116 valence electrons. The van der Waals surface area contributed by atoms with Crippen LogP contribution in [0.2, 0.25) is 0 Å². The van der Waals surface area contributed by atoms with E-state index in [2.05, 4.69) is 72.5 Å². The van der Waals surface area contributed by atoms with Crippen LogP contribution in [0.3, 0.4) is 0 Å². The molecule has 3 atom stereocenters. The molecule has 0 amide bonds. The van der Waals surface area contributed by atoms with Crippen LogP contribution in [0.5, 0.6) is 0 Å². The SMILES string of the molecule is CC1CCC(N)N(CCc2ccccc2)C1c1ccccc1. The monoisotopic (exact) mass is 294 g/mol. The van der Waals surface area contributed by atoms with E-state index in [-0.39, 0.29) is 6.17 Å². The maximum Gasteiger partial charge on any atom is 0.0577 e. The minimum atomic E-state index is 0.171. The van der Waals surface area contributed by atoms with Gasteiger partial charge in [-0.1, -0.05) is 67.6 Å². The zero-order valence-corrected chi connectivity index (χ0v) is 13.4. The second-order valence-corrected chi connectivity index (χ2v) is 6.45. The van der Waals surface area contributed by atoms with Crippen molar-refractivity contribution in [3.8, 4) is 0 Å². The molecule has 2 heteroatoms. The molecule has 0 aliphatic carbocycles. The first-order valence-electron chi connectivity index (χ1n) is 8.36. The van der Waals surface area contributed by atoms with Crippen LogP contribution in [0.4, 0.5) is 0 Å². The minimum Gasteiger partial charge on any atom is -0.316 e. The second kappa shape index (κ2) is 7.08. The van der Waals surface area contributed by atoms with E-state index in [1.807, 2.05) is 0 Å². The Morgan fingerprint density at radius 2 is 1.59 bits per heavy atom. The van der Waals surface area contributed by atoms with E-state index in [1.54, 1.807) is 0 Å². The van der Waals surface area contributed by atoms with Crippen molar-refractivity contribution in [3.63, 3.8) is 0 Å². The summed E-state index contributed by atoms with van der Waals surface area (Å²) < 4.78 is 0. The van der Waals surface area contributed by atoms with E-state index in [0.717, 1.165) is 19.4 Å². The van der Waals surface area contributed by atoms with Crippen molar-refractivity contribution in [1.29, 1.82) is 0 Å². The van der Waals surface area contributed by atoms with Gasteiger partial charge in [-0.2, -0.15) is 0 Å². The zero-order chi connectivity index (χ0) is 15.4. The molecule has 1 heterocycles. The summed E-state index contributed by atoms with van der Waals surface area (Å²) in [6.07, 6.45) is 3.54. The van der Waals surface area contributed by atoms with Crippen LogP contribution >= 0.6 is 0 Å². The van der Waals surface area contributed by atoms with E-state index < -0.39 is 0 Å². The Kier molecular flexibility index (Phi) is 4.91. The highest BCUT2D eigenvalue weighted by Gasteiger charge is 2.33. The first kappa shape index (κ1) is 15.3. The summed E-state index contributed by atoms with van der Waals surface area (Å²) in [5.41, 5.74) is 9.25. The number of likely N-dealkylation sites (tertiary alicyclic amines) is 1. The highest BCUT2D eigenvalue weighted by molar-refractivity contribution is 5.21. The van der Waals surface area contributed by atoms with Gasteiger partial charge in [-0.15, -0.1) is 0 Å². The first-order chi connectivity index (χ1) is 10.8. The Morgan fingerprint density at radius 1 is 0.955 bits per heavy atom. The van der Waals surface area contributed by atoms with Crippen molar-refractivity contribution in [2.75, 3.05) is 6.54 Å². The summed E-state index contributed by atoms with van der Waals surface area (Å²) in [7, 11) is 0. The van der Waals surface area contributed by atoms with Crippen LogP contribution < -0.4 is 5.73 Å². The summed E-state index contributed by atoms with van der Waals surface area (Å²) in [6, 6.07) is 22.0. The van der Waals surface area contributed by atoms with Gasteiger partial charge in [-0.3, -0.25) is 4.90 Å². The van der Waals surface area contributed by atoms with E-state index >= 15 is 0 Å². The van der Waals surface area contributed by atoms with Crippen LogP contribution in [-0.2, 0) is 6.42 Å². The van der Waals surface area contributed by atoms with Crippen molar-refractivity contribution in [1.82, 2.24) is 4.90 Å². The molecular weight excluding hydrogens is 268 g/mol. The molecule has 0 radical (unpaired) electrons. The highest BCUT2D eigenvalue weighted by atomic mass is 15.3. The van der Waals surface area contributed by atoms with Crippen molar-refractivity contribution < 1.29 is 0 Å². The fourth-order valence-corrected chi connectivity index (χ4v) is 3.67. The number of hydrogen-bond acceptors (Lipinski definition) is 2. The molecule has 3 rings (SSSR count). The van der Waals surface area contributed by atoms with Crippen molar-refractivity contribution >= 4 is 0 Å². The zero-order valence-electron chi connectivity index (χ0n) is 13.4. The lowest BCUT2D eigenvalue weighted by Crippen LogP contribution is -2.50. The molecule has 1 fully saturated rings. The van der Waals surface area contributed by atoms with Crippen LogP contribution in [0.25, 0.3) is 0 Å². The van der Waals surface area contributed by atoms with Gasteiger partial charge in [0.05, 0.1) is 6.17 Å². The van der Waals surface area contributed by atoms with Crippen LogP contribution in [-0.4, -0.2) is 17.6 Å². The van der Waals surface area contributed by atoms with Gasteiger partial charge < -0.3 is 5.73 Å². The Balaban J connectivity index is 1.78. The van der Waals surface area contributed by atoms with E-state index in [0.29, 0.717) is 12.0 Å². The molecule has 2 nitrogen and oxygen atoms in total. The van der Waals surface area contributed by atoms with E-state index in [1.165, 1.54) is 17.5 Å². The van der Waals surface area contributed by atoms with E-state index in [9.17, 15) is 0 Å². The summed E-state index contributed by atoms with van der Waals surface area (Å²) in [4.78, 5) is 2.51. The molecule has 22 heavy (non-hydrogen) atoms. The van der Waals surface area contributed by atoms with Crippen molar-refractivity contribution in [2.45, 2.75) is 38.4 Å². The summed E-state index contributed by atoms with van der Waals surface area (Å²) in [5, 5.41) is 0. The van der Waals surface area contributed by atoms with Crippen LogP contribution in [0.1, 0.15) is 36.9 Å². The van der Waals surface area contributed by atoms with Crippen LogP contribution in [0, 0.1) is 5.92 Å². The average Bonchev–Trinajstić information content (AvgIpc) is 2.57. The summed E-state index contributed by atoms with van der Waals surface area (Å²) in [6.45, 7) is 3.38. The Morgan fingerprint density at radius 3 is 2.27 bits per heavy atom. The molecule has 2 aromatic carbocycles. The average molecular weight is 294 g/mol. The van der Waals surface area contributed by atoms with Crippen molar-refractivity contribution in [2.24, 2.45) is 11.7 Å². The normalized spacial score (nSPS) is 26.0. The molecule has 0 saturated carbocycles. The third-order valence-electron chi connectivity index (χ3n) is 4.88. The highest BCUT2D eigenvalue weighted by Crippen LogP contribution is 2.37. The molecular formula is C20H26N2. The smallest absolute Gasteiger partial charge is 0.0577 e. The fraction of sp³-hybridized carbons (Fsp3) is 0.400. The lowest BCUT2D eigenvalue weighted by atomic mass is 9.84. The molecule has 0 spiro atoms. The summed E-state index contributed by atoms with van der Waals surface area (Å²) >= 11 is 0. The van der Waals surface area contributed by atoms with Gasteiger partial charge in [-0.25, -0.2) is 0 Å². The molecule has 2 aromatic rings. The topological polar surface area (TPSA) is 29.3 Å². The molecule has 3 unspecified atom stereocenters. The third kappa shape index (κ3) is 3.40. The largest absolute Gasteiger partial charge is 0.316 e. The predicted molar refractivity (Wildman–Crippen MR) is 92.4 cm³/mol. The number of nitrogens with two attached hydrogens (primary N) is 1. The van der Waals surface area contributed by atoms with E-state index in [4.69, 9.17) is 5.73 Å².